The zero-order chi connectivity index (χ0) is 17.5. The molecule has 25 heavy (non-hydrogen) atoms. The fourth-order valence-corrected chi connectivity index (χ4v) is 4.17. The van der Waals surface area contributed by atoms with E-state index in [2.05, 4.69) is 29.1 Å². The third-order valence-corrected chi connectivity index (χ3v) is 5.82. The normalized spacial score (nSPS) is 28.8. The van der Waals surface area contributed by atoms with Crippen LogP contribution in [0.2, 0.25) is 0 Å². The third kappa shape index (κ3) is 5.56. The van der Waals surface area contributed by atoms with Gasteiger partial charge in [0.15, 0.2) is 5.96 Å². The van der Waals surface area contributed by atoms with Crippen molar-refractivity contribution in [3.05, 3.63) is 0 Å². The predicted octanol–water partition coefficient (Wildman–Crippen LogP) is 1.56. The second-order valence-electron chi connectivity index (χ2n) is 7.71. The smallest absolute Gasteiger partial charge is 0.193 e. The highest BCUT2D eigenvalue weighted by Gasteiger charge is 2.32. The molecule has 3 aliphatic heterocycles. The summed E-state index contributed by atoms with van der Waals surface area (Å²) in [7, 11) is 2.15. The predicted molar refractivity (Wildman–Crippen MR) is 101 cm³/mol. The maximum absolute atomic E-state index is 6.05. The van der Waals surface area contributed by atoms with Crippen LogP contribution < -0.4 is 5.32 Å². The van der Waals surface area contributed by atoms with Crippen molar-refractivity contribution in [3.63, 3.8) is 0 Å². The van der Waals surface area contributed by atoms with Crippen molar-refractivity contribution in [2.24, 2.45) is 10.9 Å². The van der Waals surface area contributed by atoms with Gasteiger partial charge in [-0.05, 0) is 51.5 Å². The van der Waals surface area contributed by atoms with E-state index >= 15 is 0 Å². The fourth-order valence-electron chi connectivity index (χ4n) is 4.17. The van der Waals surface area contributed by atoms with Gasteiger partial charge in [0.25, 0.3) is 0 Å². The Morgan fingerprint density at radius 3 is 2.92 bits per heavy atom. The van der Waals surface area contributed by atoms with E-state index in [-0.39, 0.29) is 6.10 Å². The molecule has 1 N–H and O–H groups in total. The Morgan fingerprint density at radius 2 is 2.12 bits per heavy atom. The lowest BCUT2D eigenvalue weighted by atomic mass is 9.96. The quantitative estimate of drug-likeness (QED) is 0.581. The lowest BCUT2D eigenvalue weighted by Gasteiger charge is -2.34. The molecule has 2 atom stereocenters. The minimum absolute atomic E-state index is 0.242. The molecular weight excluding hydrogens is 316 g/mol. The van der Waals surface area contributed by atoms with E-state index in [1.807, 2.05) is 0 Å². The molecule has 3 aliphatic rings. The number of ether oxygens (including phenoxy) is 2. The van der Waals surface area contributed by atoms with Gasteiger partial charge in [-0.2, -0.15) is 0 Å². The Hall–Kier alpha value is -0.850. The highest BCUT2D eigenvalue weighted by molar-refractivity contribution is 5.79. The van der Waals surface area contributed by atoms with Gasteiger partial charge in [-0.25, -0.2) is 0 Å². The summed E-state index contributed by atoms with van der Waals surface area (Å²) in [5.41, 5.74) is 0. The van der Waals surface area contributed by atoms with Crippen LogP contribution in [0, 0.1) is 5.92 Å². The number of nitrogens with zero attached hydrogens (tertiary/aromatic N) is 3. The van der Waals surface area contributed by atoms with Gasteiger partial charge in [0.2, 0.25) is 0 Å². The molecule has 0 aromatic heterocycles. The molecule has 0 aromatic rings. The van der Waals surface area contributed by atoms with Crippen molar-refractivity contribution in [2.45, 2.75) is 51.2 Å². The van der Waals surface area contributed by atoms with Crippen LogP contribution >= 0.6 is 0 Å². The number of guanidine groups is 1. The minimum Gasteiger partial charge on any atom is -0.381 e. The molecule has 3 heterocycles. The average molecular weight is 353 g/mol. The summed E-state index contributed by atoms with van der Waals surface area (Å²) < 4.78 is 11.5. The first-order valence-corrected chi connectivity index (χ1v) is 10.2. The summed E-state index contributed by atoms with van der Waals surface area (Å²) in [6, 6.07) is 0.663. The third-order valence-electron chi connectivity index (χ3n) is 5.82. The fraction of sp³-hybridized carbons (Fsp3) is 0.947. The Kier molecular flexibility index (Phi) is 7.37. The minimum atomic E-state index is 0.242. The second kappa shape index (κ2) is 9.74. The zero-order valence-corrected chi connectivity index (χ0v) is 16.1. The van der Waals surface area contributed by atoms with Gasteiger partial charge in [-0.3, -0.25) is 9.89 Å². The standard InChI is InChI=1S/C19H36N4O2/c1-3-20-19(22(2)10-6-16-7-11-24-12-8-16)21-13-18-14-23-9-4-5-17(23)15-25-18/h16-18H,3-15H2,1-2H3,(H,20,21). The number of fused-ring (bicyclic) bond motifs is 1. The number of hydrogen-bond donors (Lipinski definition) is 1. The van der Waals surface area contributed by atoms with E-state index < -0.39 is 0 Å². The van der Waals surface area contributed by atoms with E-state index in [1.165, 1.54) is 38.6 Å². The van der Waals surface area contributed by atoms with Crippen molar-refractivity contribution >= 4 is 5.96 Å². The number of nitrogens with one attached hydrogen (secondary N) is 1. The molecule has 0 amide bonds. The molecular formula is C19H36N4O2. The van der Waals surface area contributed by atoms with E-state index in [0.29, 0.717) is 6.04 Å². The molecule has 0 spiro atoms. The maximum atomic E-state index is 6.05. The Balaban J connectivity index is 1.46. The van der Waals surface area contributed by atoms with Gasteiger partial charge in [-0.1, -0.05) is 0 Å². The van der Waals surface area contributed by atoms with Crippen LogP contribution in [-0.4, -0.2) is 87.5 Å². The van der Waals surface area contributed by atoms with Crippen molar-refractivity contribution in [2.75, 3.05) is 59.6 Å². The van der Waals surface area contributed by atoms with Crippen LogP contribution in [0.3, 0.4) is 0 Å². The van der Waals surface area contributed by atoms with Gasteiger partial charge in [-0.15, -0.1) is 0 Å². The van der Waals surface area contributed by atoms with E-state index in [4.69, 9.17) is 14.5 Å². The van der Waals surface area contributed by atoms with Gasteiger partial charge in [0.05, 0.1) is 19.3 Å². The Labute approximate surface area is 152 Å². The van der Waals surface area contributed by atoms with Gasteiger partial charge >= 0.3 is 0 Å². The summed E-state index contributed by atoms with van der Waals surface area (Å²) in [5, 5.41) is 3.44. The summed E-state index contributed by atoms with van der Waals surface area (Å²) in [6.07, 6.45) is 6.49. The number of aliphatic imine (C=N–C) groups is 1. The van der Waals surface area contributed by atoms with Crippen molar-refractivity contribution in [3.8, 4) is 0 Å². The number of rotatable bonds is 6. The largest absolute Gasteiger partial charge is 0.381 e. The van der Waals surface area contributed by atoms with E-state index in [9.17, 15) is 0 Å². The monoisotopic (exact) mass is 352 g/mol. The molecule has 6 nitrogen and oxygen atoms in total. The molecule has 3 rings (SSSR count). The second-order valence-corrected chi connectivity index (χ2v) is 7.71. The summed E-state index contributed by atoms with van der Waals surface area (Å²) in [6.45, 7) is 9.87. The van der Waals surface area contributed by atoms with Crippen LogP contribution in [0.5, 0.6) is 0 Å². The summed E-state index contributed by atoms with van der Waals surface area (Å²) in [5.74, 6) is 1.81. The van der Waals surface area contributed by atoms with Gasteiger partial charge in [0.1, 0.15) is 0 Å². The lowest BCUT2D eigenvalue weighted by molar-refractivity contribution is -0.0432. The molecule has 0 bridgehead atoms. The molecule has 3 fully saturated rings. The van der Waals surface area contributed by atoms with E-state index in [0.717, 1.165) is 57.9 Å². The van der Waals surface area contributed by atoms with Gasteiger partial charge in [0, 0.05) is 45.9 Å². The topological polar surface area (TPSA) is 49.3 Å². The Bertz CT molecular complexity index is 426. The van der Waals surface area contributed by atoms with Crippen LogP contribution in [0.15, 0.2) is 4.99 Å². The van der Waals surface area contributed by atoms with Gasteiger partial charge < -0.3 is 19.7 Å². The van der Waals surface area contributed by atoms with E-state index in [1.54, 1.807) is 0 Å². The first-order valence-electron chi connectivity index (χ1n) is 10.2. The molecule has 3 saturated heterocycles. The molecule has 6 heteroatoms. The zero-order valence-electron chi connectivity index (χ0n) is 16.1. The van der Waals surface area contributed by atoms with Crippen LogP contribution in [0.25, 0.3) is 0 Å². The molecule has 2 unspecified atom stereocenters. The lowest BCUT2D eigenvalue weighted by Crippen LogP contribution is -2.47. The highest BCUT2D eigenvalue weighted by Crippen LogP contribution is 2.22. The molecule has 0 aliphatic carbocycles. The molecule has 0 aromatic carbocycles. The first-order chi connectivity index (χ1) is 12.3. The Morgan fingerprint density at radius 1 is 1.28 bits per heavy atom. The van der Waals surface area contributed by atoms with Crippen molar-refractivity contribution in [1.82, 2.24) is 15.1 Å². The summed E-state index contributed by atoms with van der Waals surface area (Å²) >= 11 is 0. The number of morpholine rings is 1. The van der Waals surface area contributed by atoms with Crippen LogP contribution in [-0.2, 0) is 9.47 Å². The highest BCUT2D eigenvalue weighted by atomic mass is 16.5. The van der Waals surface area contributed by atoms with Crippen molar-refractivity contribution < 1.29 is 9.47 Å². The first kappa shape index (κ1) is 18.9. The van der Waals surface area contributed by atoms with Crippen LogP contribution in [0.4, 0.5) is 0 Å². The SMILES string of the molecule is CCNC(=NCC1CN2CCCC2CO1)N(C)CCC1CCOCC1. The molecule has 0 radical (unpaired) electrons. The maximum Gasteiger partial charge on any atom is 0.193 e. The average Bonchev–Trinajstić information content (AvgIpc) is 3.12. The summed E-state index contributed by atoms with van der Waals surface area (Å²) in [4.78, 5) is 9.74. The van der Waals surface area contributed by atoms with Crippen molar-refractivity contribution in [1.29, 1.82) is 0 Å². The van der Waals surface area contributed by atoms with Crippen LogP contribution in [0.1, 0.15) is 39.0 Å². The molecule has 144 valence electrons. The molecule has 0 saturated carbocycles. The number of hydrogen-bond acceptors (Lipinski definition) is 4.